The Kier molecular flexibility index (Phi) is 4.96. The zero-order chi connectivity index (χ0) is 18.8. The minimum absolute atomic E-state index is 0.224. The number of hydrogen-bond acceptors (Lipinski definition) is 6. The smallest absolute Gasteiger partial charge is 0.135 e. The molecular formula is C20H19N3O2S2. The van der Waals surface area contributed by atoms with Crippen LogP contribution in [0.25, 0.3) is 16.1 Å². The maximum Gasteiger partial charge on any atom is 0.135 e. The number of aliphatic hydroxyl groups is 1. The van der Waals surface area contributed by atoms with Crippen LogP contribution in [0.3, 0.4) is 0 Å². The van der Waals surface area contributed by atoms with Crippen molar-refractivity contribution in [3.8, 4) is 16.3 Å². The molecule has 0 saturated carbocycles. The summed E-state index contributed by atoms with van der Waals surface area (Å²) in [5.74, 6) is 1.40. The Labute approximate surface area is 165 Å². The molecule has 0 atom stereocenters. The van der Waals surface area contributed by atoms with E-state index in [0.29, 0.717) is 29.5 Å². The SMILES string of the molecule is COc1ccc(CCN2CC(O)=C(c3nc(-c4cccs4)cs3)C2=N)cc1. The van der Waals surface area contributed by atoms with Crippen molar-refractivity contribution in [3.63, 3.8) is 0 Å². The van der Waals surface area contributed by atoms with Gasteiger partial charge in [-0.2, -0.15) is 0 Å². The van der Waals surface area contributed by atoms with E-state index in [1.165, 1.54) is 16.9 Å². The van der Waals surface area contributed by atoms with Gasteiger partial charge < -0.3 is 14.7 Å². The highest BCUT2D eigenvalue weighted by molar-refractivity contribution is 7.14. The zero-order valence-corrected chi connectivity index (χ0v) is 16.4. The molecular weight excluding hydrogens is 378 g/mol. The summed E-state index contributed by atoms with van der Waals surface area (Å²) in [6.45, 7) is 1.03. The molecule has 1 aromatic carbocycles. The van der Waals surface area contributed by atoms with E-state index < -0.39 is 0 Å². The van der Waals surface area contributed by atoms with Crippen LogP contribution in [-0.4, -0.2) is 41.0 Å². The first-order chi connectivity index (χ1) is 13.2. The van der Waals surface area contributed by atoms with Crippen LogP contribution in [0.15, 0.2) is 52.9 Å². The van der Waals surface area contributed by atoms with Crippen molar-refractivity contribution < 1.29 is 9.84 Å². The third-order valence-corrected chi connectivity index (χ3v) is 6.26. The Balaban J connectivity index is 1.45. The minimum atomic E-state index is 0.224. The number of hydrogen-bond donors (Lipinski definition) is 2. The van der Waals surface area contributed by atoms with Crippen LogP contribution in [0.2, 0.25) is 0 Å². The molecule has 0 amide bonds. The molecule has 138 valence electrons. The lowest BCUT2D eigenvalue weighted by atomic mass is 10.1. The van der Waals surface area contributed by atoms with Gasteiger partial charge in [-0.25, -0.2) is 4.98 Å². The molecule has 7 heteroatoms. The number of benzene rings is 1. The average Bonchev–Trinajstić information content (AvgIpc) is 3.41. The topological polar surface area (TPSA) is 69.4 Å². The van der Waals surface area contributed by atoms with E-state index in [1.54, 1.807) is 18.4 Å². The summed E-state index contributed by atoms with van der Waals surface area (Å²) in [5, 5.41) is 23.6. The molecule has 3 heterocycles. The molecule has 1 aliphatic heterocycles. The van der Waals surface area contributed by atoms with E-state index in [1.807, 2.05) is 52.1 Å². The molecule has 5 nitrogen and oxygen atoms in total. The van der Waals surface area contributed by atoms with Crippen LogP contribution in [-0.2, 0) is 6.42 Å². The lowest BCUT2D eigenvalue weighted by Gasteiger charge is -2.18. The second kappa shape index (κ2) is 7.54. The molecule has 2 aromatic heterocycles. The lowest BCUT2D eigenvalue weighted by molar-refractivity contribution is 0.351. The average molecular weight is 398 g/mol. The van der Waals surface area contributed by atoms with Gasteiger partial charge in [-0.3, -0.25) is 5.41 Å². The number of thiophene rings is 1. The fourth-order valence-electron chi connectivity index (χ4n) is 3.03. The second-order valence-corrected chi connectivity index (χ2v) is 8.01. The summed E-state index contributed by atoms with van der Waals surface area (Å²) in [4.78, 5) is 7.62. The van der Waals surface area contributed by atoms with E-state index in [-0.39, 0.29) is 5.76 Å². The molecule has 0 aliphatic carbocycles. The van der Waals surface area contributed by atoms with Crippen LogP contribution in [0.4, 0.5) is 0 Å². The maximum absolute atomic E-state index is 10.4. The first-order valence-corrected chi connectivity index (χ1v) is 10.3. The first kappa shape index (κ1) is 17.8. The highest BCUT2D eigenvalue weighted by Crippen LogP contribution is 2.33. The number of aliphatic hydroxyl groups excluding tert-OH is 1. The minimum Gasteiger partial charge on any atom is -0.510 e. The lowest BCUT2D eigenvalue weighted by Crippen LogP contribution is -2.28. The third-order valence-electron chi connectivity index (χ3n) is 4.50. The highest BCUT2D eigenvalue weighted by Gasteiger charge is 2.30. The van der Waals surface area contributed by atoms with Crippen molar-refractivity contribution in [2.75, 3.05) is 20.2 Å². The summed E-state index contributed by atoms with van der Waals surface area (Å²) in [5.41, 5.74) is 2.62. The predicted molar refractivity (Wildman–Crippen MR) is 111 cm³/mol. The predicted octanol–water partition coefficient (Wildman–Crippen LogP) is 4.68. The molecule has 4 rings (SSSR count). The Morgan fingerprint density at radius 1 is 1.22 bits per heavy atom. The number of ether oxygens (including phenoxy) is 1. The quantitative estimate of drug-likeness (QED) is 0.633. The van der Waals surface area contributed by atoms with Gasteiger partial charge in [0.2, 0.25) is 0 Å². The fraction of sp³-hybridized carbons (Fsp3) is 0.200. The third kappa shape index (κ3) is 3.61. The molecule has 27 heavy (non-hydrogen) atoms. The molecule has 1 aliphatic rings. The molecule has 0 unspecified atom stereocenters. The monoisotopic (exact) mass is 397 g/mol. The number of thiazole rings is 1. The summed E-state index contributed by atoms with van der Waals surface area (Å²) >= 11 is 3.10. The van der Waals surface area contributed by atoms with Gasteiger partial charge in [-0.1, -0.05) is 18.2 Å². The van der Waals surface area contributed by atoms with Crippen molar-refractivity contribution in [1.82, 2.24) is 9.88 Å². The van der Waals surface area contributed by atoms with Gasteiger partial charge in [-0.05, 0) is 35.6 Å². The summed E-state index contributed by atoms with van der Waals surface area (Å²) in [6.07, 6.45) is 0.797. The van der Waals surface area contributed by atoms with Crippen LogP contribution in [0.5, 0.6) is 5.75 Å². The van der Waals surface area contributed by atoms with Gasteiger partial charge in [0.25, 0.3) is 0 Å². The van der Waals surface area contributed by atoms with Crippen molar-refractivity contribution in [2.45, 2.75) is 6.42 Å². The van der Waals surface area contributed by atoms with Crippen molar-refractivity contribution in [3.05, 3.63) is 63.5 Å². The summed E-state index contributed by atoms with van der Waals surface area (Å²) in [6, 6.07) is 12.0. The van der Waals surface area contributed by atoms with E-state index in [2.05, 4.69) is 4.98 Å². The zero-order valence-electron chi connectivity index (χ0n) is 14.8. The van der Waals surface area contributed by atoms with Gasteiger partial charge in [0, 0.05) is 11.9 Å². The molecule has 0 saturated heterocycles. The second-order valence-electron chi connectivity index (χ2n) is 6.21. The van der Waals surface area contributed by atoms with Crippen molar-refractivity contribution >= 4 is 34.1 Å². The van der Waals surface area contributed by atoms with Gasteiger partial charge in [-0.15, -0.1) is 22.7 Å². The summed E-state index contributed by atoms with van der Waals surface area (Å²) < 4.78 is 5.18. The Hall–Kier alpha value is -2.64. The van der Waals surface area contributed by atoms with Gasteiger partial charge in [0.1, 0.15) is 22.4 Å². The number of amidine groups is 1. The van der Waals surface area contributed by atoms with Crippen LogP contribution in [0, 0.1) is 5.41 Å². The molecule has 0 fully saturated rings. The van der Waals surface area contributed by atoms with Crippen molar-refractivity contribution in [2.24, 2.45) is 0 Å². The van der Waals surface area contributed by atoms with E-state index >= 15 is 0 Å². The van der Waals surface area contributed by atoms with Gasteiger partial charge in [0.05, 0.1) is 29.8 Å². The molecule has 0 bridgehead atoms. The van der Waals surface area contributed by atoms with Crippen LogP contribution < -0.4 is 4.74 Å². The Morgan fingerprint density at radius 2 is 2.04 bits per heavy atom. The molecule has 0 spiro atoms. The number of nitrogens with zero attached hydrogens (tertiary/aromatic N) is 2. The molecule has 0 radical (unpaired) electrons. The number of aromatic nitrogens is 1. The van der Waals surface area contributed by atoms with E-state index in [0.717, 1.165) is 22.7 Å². The fourth-order valence-corrected chi connectivity index (χ4v) is 4.68. The number of methoxy groups -OCH3 is 1. The van der Waals surface area contributed by atoms with Gasteiger partial charge >= 0.3 is 0 Å². The van der Waals surface area contributed by atoms with Crippen LogP contribution in [0.1, 0.15) is 10.6 Å². The van der Waals surface area contributed by atoms with E-state index in [4.69, 9.17) is 10.1 Å². The standard InChI is InChI=1S/C20H19N3O2S2/c1-25-14-6-4-13(5-7-14)8-9-23-11-16(24)18(19(23)21)20-22-15(12-27-20)17-3-2-10-26-17/h2-7,10,12,21,24H,8-9,11H2,1H3. The van der Waals surface area contributed by atoms with Gasteiger partial charge in [0.15, 0.2) is 0 Å². The Morgan fingerprint density at radius 3 is 2.74 bits per heavy atom. The van der Waals surface area contributed by atoms with Crippen LogP contribution >= 0.6 is 22.7 Å². The number of rotatable bonds is 6. The first-order valence-electron chi connectivity index (χ1n) is 8.54. The van der Waals surface area contributed by atoms with Crippen molar-refractivity contribution in [1.29, 1.82) is 5.41 Å². The molecule has 3 aromatic rings. The number of nitrogens with one attached hydrogen (secondary N) is 1. The normalized spacial score (nSPS) is 14.3. The van der Waals surface area contributed by atoms with E-state index in [9.17, 15) is 5.11 Å². The maximum atomic E-state index is 10.4. The Bertz CT molecular complexity index is 975. The largest absolute Gasteiger partial charge is 0.510 e. The summed E-state index contributed by atoms with van der Waals surface area (Å²) in [7, 11) is 1.65. The highest BCUT2D eigenvalue weighted by atomic mass is 32.1. The molecule has 2 N–H and O–H groups in total.